The molecule has 0 saturated carbocycles. The Labute approximate surface area is 189 Å². The maximum atomic E-state index is 13.2. The standard InChI is InChI=1S/C22H25N3O6S/c1-3-31-22(28)17-14(2)18(21(27)24-12-6-4-5-7-13-24)32-20(17)23-19(26)15-8-10-16(11-9-15)25(29)30/h8-11H,3-7,12-13H2,1-2H3,(H,23,26). The third-order valence-corrected chi connectivity index (χ3v) is 6.48. The zero-order valence-corrected chi connectivity index (χ0v) is 18.8. The summed E-state index contributed by atoms with van der Waals surface area (Å²) in [6.07, 6.45) is 4.03. The molecule has 0 spiro atoms. The van der Waals surface area contributed by atoms with E-state index in [9.17, 15) is 24.5 Å². The van der Waals surface area contributed by atoms with E-state index in [4.69, 9.17) is 4.74 Å². The zero-order valence-electron chi connectivity index (χ0n) is 18.0. The molecule has 1 aromatic heterocycles. The number of thiophene rings is 1. The van der Waals surface area contributed by atoms with Gasteiger partial charge in [0.1, 0.15) is 5.00 Å². The number of esters is 1. The van der Waals surface area contributed by atoms with Gasteiger partial charge in [-0.05, 0) is 44.4 Å². The number of non-ortho nitro benzene ring substituents is 1. The molecule has 0 unspecified atom stereocenters. The number of hydrogen-bond acceptors (Lipinski definition) is 7. The molecule has 1 aromatic carbocycles. The van der Waals surface area contributed by atoms with Gasteiger partial charge in [0.05, 0.1) is 22.0 Å². The number of benzene rings is 1. The maximum Gasteiger partial charge on any atom is 0.341 e. The quantitative estimate of drug-likeness (QED) is 0.388. The van der Waals surface area contributed by atoms with Crippen LogP contribution in [-0.2, 0) is 4.74 Å². The van der Waals surface area contributed by atoms with E-state index in [0.29, 0.717) is 23.5 Å². The second kappa shape index (κ2) is 10.4. The van der Waals surface area contributed by atoms with Crippen molar-refractivity contribution in [3.8, 4) is 0 Å². The number of anilines is 1. The number of nitrogens with zero attached hydrogens (tertiary/aromatic N) is 2. The Balaban J connectivity index is 1.91. The molecule has 3 rings (SSSR count). The first-order valence-corrected chi connectivity index (χ1v) is 11.3. The van der Waals surface area contributed by atoms with Crippen LogP contribution in [-0.4, -0.2) is 47.3 Å². The number of nitro groups is 1. The van der Waals surface area contributed by atoms with Crippen molar-refractivity contribution in [1.82, 2.24) is 4.90 Å². The fraction of sp³-hybridized carbons (Fsp3) is 0.409. The highest BCUT2D eigenvalue weighted by molar-refractivity contribution is 7.18. The largest absolute Gasteiger partial charge is 0.462 e. The van der Waals surface area contributed by atoms with Crippen molar-refractivity contribution in [1.29, 1.82) is 0 Å². The van der Waals surface area contributed by atoms with Crippen LogP contribution in [0.15, 0.2) is 24.3 Å². The van der Waals surface area contributed by atoms with Crippen LogP contribution >= 0.6 is 11.3 Å². The van der Waals surface area contributed by atoms with Crippen molar-refractivity contribution in [2.75, 3.05) is 25.0 Å². The average Bonchev–Trinajstić information content (AvgIpc) is 2.94. The first-order chi connectivity index (χ1) is 15.3. The van der Waals surface area contributed by atoms with Crippen LogP contribution < -0.4 is 5.32 Å². The monoisotopic (exact) mass is 459 g/mol. The van der Waals surface area contributed by atoms with Crippen LogP contribution in [0.5, 0.6) is 0 Å². The minimum absolute atomic E-state index is 0.133. The van der Waals surface area contributed by atoms with Gasteiger partial charge in [0.2, 0.25) is 0 Å². The second-order valence-electron chi connectivity index (χ2n) is 7.45. The average molecular weight is 460 g/mol. The van der Waals surface area contributed by atoms with Crippen molar-refractivity contribution in [3.63, 3.8) is 0 Å². The van der Waals surface area contributed by atoms with Gasteiger partial charge in [-0.1, -0.05) is 12.8 Å². The Morgan fingerprint density at radius 3 is 2.31 bits per heavy atom. The molecule has 32 heavy (non-hydrogen) atoms. The summed E-state index contributed by atoms with van der Waals surface area (Å²) < 4.78 is 5.15. The molecule has 1 fully saturated rings. The molecule has 0 aliphatic carbocycles. The molecule has 0 radical (unpaired) electrons. The Morgan fingerprint density at radius 2 is 1.75 bits per heavy atom. The first kappa shape index (κ1) is 23.4. The number of rotatable bonds is 6. The number of likely N-dealkylation sites (tertiary alicyclic amines) is 1. The van der Waals surface area contributed by atoms with Crippen LogP contribution in [0.2, 0.25) is 0 Å². The molecule has 2 heterocycles. The Bertz CT molecular complexity index is 1020. The SMILES string of the molecule is CCOC(=O)c1c(NC(=O)c2ccc([N+](=O)[O-])cc2)sc(C(=O)N2CCCCCC2)c1C. The van der Waals surface area contributed by atoms with E-state index in [1.54, 1.807) is 18.7 Å². The molecular formula is C22H25N3O6S. The minimum Gasteiger partial charge on any atom is -0.462 e. The molecule has 10 heteroatoms. The molecular weight excluding hydrogens is 434 g/mol. The van der Waals surface area contributed by atoms with Gasteiger partial charge in [-0.3, -0.25) is 19.7 Å². The van der Waals surface area contributed by atoms with E-state index >= 15 is 0 Å². The number of ether oxygens (including phenoxy) is 1. The van der Waals surface area contributed by atoms with E-state index < -0.39 is 16.8 Å². The highest BCUT2D eigenvalue weighted by atomic mass is 32.1. The van der Waals surface area contributed by atoms with E-state index in [1.807, 2.05) is 0 Å². The lowest BCUT2D eigenvalue weighted by Crippen LogP contribution is -2.31. The lowest BCUT2D eigenvalue weighted by atomic mass is 10.1. The van der Waals surface area contributed by atoms with Crippen LogP contribution in [0.1, 0.15) is 68.6 Å². The summed E-state index contributed by atoms with van der Waals surface area (Å²) >= 11 is 1.05. The predicted octanol–water partition coefficient (Wildman–Crippen LogP) is 4.41. The van der Waals surface area contributed by atoms with Gasteiger partial charge in [-0.25, -0.2) is 4.79 Å². The van der Waals surface area contributed by atoms with E-state index in [-0.39, 0.29) is 34.3 Å². The first-order valence-electron chi connectivity index (χ1n) is 10.5. The molecule has 2 aromatic rings. The van der Waals surface area contributed by atoms with Gasteiger partial charge in [-0.15, -0.1) is 11.3 Å². The summed E-state index contributed by atoms with van der Waals surface area (Å²) in [5.74, 6) is -1.31. The van der Waals surface area contributed by atoms with Gasteiger partial charge in [0.25, 0.3) is 17.5 Å². The lowest BCUT2D eigenvalue weighted by molar-refractivity contribution is -0.384. The van der Waals surface area contributed by atoms with Crippen molar-refractivity contribution in [2.45, 2.75) is 39.5 Å². The number of carbonyl (C=O) groups is 3. The smallest absolute Gasteiger partial charge is 0.341 e. The lowest BCUT2D eigenvalue weighted by Gasteiger charge is -2.19. The van der Waals surface area contributed by atoms with E-state index in [1.165, 1.54) is 24.3 Å². The normalized spacial score (nSPS) is 13.9. The van der Waals surface area contributed by atoms with Crippen molar-refractivity contribution in [2.24, 2.45) is 0 Å². The third-order valence-electron chi connectivity index (χ3n) is 5.28. The van der Waals surface area contributed by atoms with Gasteiger partial charge in [0.15, 0.2) is 0 Å². The van der Waals surface area contributed by atoms with Crippen molar-refractivity contribution < 1.29 is 24.0 Å². The predicted molar refractivity (Wildman–Crippen MR) is 120 cm³/mol. The molecule has 1 aliphatic rings. The van der Waals surface area contributed by atoms with Crippen molar-refractivity contribution in [3.05, 3.63) is 55.9 Å². The number of hydrogen-bond donors (Lipinski definition) is 1. The number of nitrogens with one attached hydrogen (secondary N) is 1. The summed E-state index contributed by atoms with van der Waals surface area (Å²) in [6.45, 7) is 4.83. The highest BCUT2D eigenvalue weighted by Gasteiger charge is 2.29. The molecule has 2 amide bonds. The van der Waals surface area contributed by atoms with Gasteiger partial charge in [0, 0.05) is 30.8 Å². The van der Waals surface area contributed by atoms with Gasteiger partial charge >= 0.3 is 5.97 Å². The number of nitro benzene ring substituents is 1. The zero-order chi connectivity index (χ0) is 23.3. The summed E-state index contributed by atoms with van der Waals surface area (Å²) in [5, 5.41) is 13.7. The molecule has 0 bridgehead atoms. The molecule has 9 nitrogen and oxygen atoms in total. The fourth-order valence-corrected chi connectivity index (χ4v) is 4.74. The van der Waals surface area contributed by atoms with Crippen LogP contribution in [0.25, 0.3) is 0 Å². The molecule has 1 aliphatic heterocycles. The van der Waals surface area contributed by atoms with E-state index in [0.717, 1.165) is 37.0 Å². The third kappa shape index (κ3) is 5.13. The van der Waals surface area contributed by atoms with Crippen LogP contribution in [0, 0.1) is 17.0 Å². The van der Waals surface area contributed by atoms with E-state index in [2.05, 4.69) is 5.32 Å². The molecule has 170 valence electrons. The Morgan fingerprint density at radius 1 is 1.12 bits per heavy atom. The van der Waals surface area contributed by atoms with Crippen LogP contribution in [0.4, 0.5) is 10.7 Å². The summed E-state index contributed by atoms with van der Waals surface area (Å²) in [4.78, 5) is 51.0. The Kier molecular flexibility index (Phi) is 7.57. The van der Waals surface area contributed by atoms with Gasteiger partial charge < -0.3 is 15.0 Å². The molecule has 1 saturated heterocycles. The summed E-state index contributed by atoms with van der Waals surface area (Å²) in [5.41, 5.74) is 0.690. The second-order valence-corrected chi connectivity index (χ2v) is 8.47. The van der Waals surface area contributed by atoms with Gasteiger partial charge in [-0.2, -0.15) is 0 Å². The highest BCUT2D eigenvalue weighted by Crippen LogP contribution is 2.35. The molecule has 1 N–H and O–H groups in total. The summed E-state index contributed by atoms with van der Waals surface area (Å²) in [7, 11) is 0. The fourth-order valence-electron chi connectivity index (χ4n) is 3.58. The maximum absolute atomic E-state index is 13.2. The molecule has 0 atom stereocenters. The Hall–Kier alpha value is -3.27. The number of carbonyl (C=O) groups excluding carboxylic acids is 3. The van der Waals surface area contributed by atoms with Crippen LogP contribution in [0.3, 0.4) is 0 Å². The topological polar surface area (TPSA) is 119 Å². The summed E-state index contributed by atoms with van der Waals surface area (Å²) in [6, 6.07) is 5.13. The minimum atomic E-state index is -0.616. The van der Waals surface area contributed by atoms with Crippen molar-refractivity contribution >= 4 is 39.8 Å². The number of amides is 2.